The van der Waals surface area contributed by atoms with E-state index in [9.17, 15) is 0 Å². The first-order chi connectivity index (χ1) is 7.84. The van der Waals surface area contributed by atoms with Gasteiger partial charge in [0.1, 0.15) is 5.82 Å². The van der Waals surface area contributed by atoms with E-state index in [2.05, 4.69) is 15.2 Å². The summed E-state index contributed by atoms with van der Waals surface area (Å²) >= 11 is 5.92. The van der Waals surface area contributed by atoms with Gasteiger partial charge < -0.3 is 4.74 Å². The van der Waals surface area contributed by atoms with Gasteiger partial charge in [-0.25, -0.2) is 4.98 Å². The first kappa shape index (κ1) is 9.99. The van der Waals surface area contributed by atoms with Crippen LogP contribution in [0.25, 0.3) is 5.65 Å². The van der Waals surface area contributed by atoms with Crippen LogP contribution in [0.3, 0.4) is 0 Å². The number of hydrogen-bond acceptors (Lipinski definition) is 4. The summed E-state index contributed by atoms with van der Waals surface area (Å²) < 4.78 is 7.45. The molecule has 6 heteroatoms. The molecule has 0 bridgehead atoms. The summed E-state index contributed by atoms with van der Waals surface area (Å²) in [6.07, 6.45) is 6.74. The molecule has 1 unspecified atom stereocenters. The summed E-state index contributed by atoms with van der Waals surface area (Å²) in [7, 11) is 0. The number of hydrogen-bond donors (Lipinski definition) is 0. The number of halogens is 1. The molecule has 16 heavy (non-hydrogen) atoms. The molecule has 0 spiro atoms. The van der Waals surface area contributed by atoms with Crippen molar-refractivity contribution >= 4 is 17.2 Å². The van der Waals surface area contributed by atoms with Crippen LogP contribution in [-0.4, -0.2) is 32.3 Å². The normalized spacial score (nSPS) is 20.7. The molecule has 2 aromatic heterocycles. The van der Waals surface area contributed by atoms with Gasteiger partial charge in [-0.2, -0.15) is 0 Å². The first-order valence-electron chi connectivity index (χ1n) is 5.30. The van der Waals surface area contributed by atoms with Gasteiger partial charge in [-0.15, -0.1) is 10.2 Å². The van der Waals surface area contributed by atoms with Crippen LogP contribution in [0.1, 0.15) is 18.7 Å². The summed E-state index contributed by atoms with van der Waals surface area (Å²) in [5.74, 6) is 0.881. The second-order valence-electron chi connectivity index (χ2n) is 3.87. The van der Waals surface area contributed by atoms with Gasteiger partial charge in [0.15, 0.2) is 10.8 Å². The molecule has 0 aliphatic carbocycles. The topological polar surface area (TPSA) is 52.3 Å². The van der Waals surface area contributed by atoms with Gasteiger partial charge in [0, 0.05) is 25.4 Å². The Morgan fingerprint density at radius 2 is 2.44 bits per heavy atom. The van der Waals surface area contributed by atoms with Crippen LogP contribution in [0, 0.1) is 0 Å². The smallest absolute Gasteiger partial charge is 0.198 e. The van der Waals surface area contributed by atoms with Crippen LogP contribution in [0.15, 0.2) is 12.4 Å². The number of aromatic nitrogens is 4. The minimum Gasteiger partial charge on any atom is -0.378 e. The van der Waals surface area contributed by atoms with Crippen LogP contribution in [0.4, 0.5) is 0 Å². The fraction of sp³-hybridized carbons (Fsp3) is 0.500. The summed E-state index contributed by atoms with van der Waals surface area (Å²) in [5, 5.41) is 8.53. The van der Waals surface area contributed by atoms with Gasteiger partial charge >= 0.3 is 0 Å². The van der Waals surface area contributed by atoms with Crippen molar-refractivity contribution in [3.63, 3.8) is 0 Å². The molecule has 0 N–H and O–H groups in total. The highest BCUT2D eigenvalue weighted by Crippen LogP contribution is 2.18. The van der Waals surface area contributed by atoms with Crippen molar-refractivity contribution < 1.29 is 4.74 Å². The number of rotatable bonds is 2. The Labute approximate surface area is 97.4 Å². The standard InChI is InChI=1S/C10H11ClN4O/c11-9-10-14-13-8(15(10)4-3-12-9)6-7-2-1-5-16-7/h3-4,7H,1-2,5-6H2. The Bertz CT molecular complexity index is 506. The number of fused-ring (bicyclic) bond motifs is 1. The molecule has 0 amide bonds. The highest BCUT2D eigenvalue weighted by molar-refractivity contribution is 6.32. The van der Waals surface area contributed by atoms with Crippen molar-refractivity contribution in [1.82, 2.24) is 19.6 Å². The minimum atomic E-state index is 0.263. The zero-order valence-electron chi connectivity index (χ0n) is 8.64. The molecule has 3 rings (SSSR count). The van der Waals surface area contributed by atoms with Crippen molar-refractivity contribution in [2.24, 2.45) is 0 Å². The van der Waals surface area contributed by atoms with Crippen LogP contribution in [-0.2, 0) is 11.2 Å². The van der Waals surface area contributed by atoms with Crippen LogP contribution in [0.2, 0.25) is 5.15 Å². The lowest BCUT2D eigenvalue weighted by molar-refractivity contribution is 0.109. The molecule has 1 fully saturated rings. The van der Waals surface area contributed by atoms with E-state index in [1.54, 1.807) is 6.20 Å². The van der Waals surface area contributed by atoms with Crippen LogP contribution in [0.5, 0.6) is 0 Å². The van der Waals surface area contributed by atoms with Crippen molar-refractivity contribution in [2.75, 3.05) is 6.61 Å². The van der Waals surface area contributed by atoms with Crippen molar-refractivity contribution in [1.29, 1.82) is 0 Å². The first-order valence-corrected chi connectivity index (χ1v) is 5.68. The summed E-state index contributed by atoms with van der Waals surface area (Å²) in [5.41, 5.74) is 0.608. The van der Waals surface area contributed by atoms with Gasteiger partial charge in [-0.3, -0.25) is 4.40 Å². The number of nitrogens with zero attached hydrogens (tertiary/aromatic N) is 4. The minimum absolute atomic E-state index is 0.263. The van der Waals surface area contributed by atoms with Crippen LogP contribution < -0.4 is 0 Å². The molecule has 0 aromatic carbocycles. The van der Waals surface area contributed by atoms with Gasteiger partial charge in [0.05, 0.1) is 6.10 Å². The molecule has 0 radical (unpaired) electrons. The summed E-state index contributed by atoms with van der Waals surface area (Å²) in [4.78, 5) is 3.96. The average Bonchev–Trinajstić information content (AvgIpc) is 2.90. The van der Waals surface area contributed by atoms with Crippen molar-refractivity contribution in [3.05, 3.63) is 23.4 Å². The molecular weight excluding hydrogens is 228 g/mol. The van der Waals surface area contributed by atoms with Gasteiger partial charge in [0.25, 0.3) is 0 Å². The quantitative estimate of drug-likeness (QED) is 0.796. The Kier molecular flexibility index (Phi) is 2.49. The molecule has 1 saturated heterocycles. The third kappa shape index (κ3) is 1.66. The zero-order valence-corrected chi connectivity index (χ0v) is 9.39. The predicted octanol–water partition coefficient (Wildman–Crippen LogP) is 1.50. The van der Waals surface area contributed by atoms with E-state index in [1.807, 2.05) is 10.6 Å². The van der Waals surface area contributed by atoms with E-state index in [0.29, 0.717) is 10.8 Å². The summed E-state index contributed by atoms with van der Waals surface area (Å²) in [6.45, 7) is 0.851. The molecule has 1 aliphatic heterocycles. The second kappa shape index (κ2) is 3.99. The van der Waals surface area contributed by atoms with Gasteiger partial charge in [0.2, 0.25) is 0 Å². The fourth-order valence-electron chi connectivity index (χ4n) is 1.99. The second-order valence-corrected chi connectivity index (χ2v) is 4.23. The zero-order chi connectivity index (χ0) is 11.0. The Balaban J connectivity index is 1.94. The van der Waals surface area contributed by atoms with Gasteiger partial charge in [-0.1, -0.05) is 11.6 Å². The Morgan fingerprint density at radius 3 is 3.25 bits per heavy atom. The lowest BCUT2D eigenvalue weighted by Crippen LogP contribution is -2.11. The molecule has 1 atom stereocenters. The van der Waals surface area contributed by atoms with E-state index >= 15 is 0 Å². The summed E-state index contributed by atoms with van der Waals surface area (Å²) in [6, 6.07) is 0. The molecule has 0 saturated carbocycles. The van der Waals surface area contributed by atoms with E-state index in [0.717, 1.165) is 31.7 Å². The number of ether oxygens (including phenoxy) is 1. The fourth-order valence-corrected chi connectivity index (χ4v) is 2.18. The molecule has 5 nitrogen and oxygen atoms in total. The largest absolute Gasteiger partial charge is 0.378 e. The molecule has 2 aromatic rings. The molecule has 1 aliphatic rings. The highest BCUT2D eigenvalue weighted by Gasteiger charge is 2.19. The highest BCUT2D eigenvalue weighted by atomic mass is 35.5. The molecular formula is C10H11ClN4O. The maximum atomic E-state index is 5.92. The van der Waals surface area contributed by atoms with Crippen LogP contribution >= 0.6 is 11.6 Å². The van der Waals surface area contributed by atoms with E-state index in [1.165, 1.54) is 0 Å². The predicted molar refractivity (Wildman–Crippen MR) is 58.5 cm³/mol. The van der Waals surface area contributed by atoms with E-state index < -0.39 is 0 Å². The lowest BCUT2D eigenvalue weighted by atomic mass is 10.2. The van der Waals surface area contributed by atoms with Crippen molar-refractivity contribution in [3.8, 4) is 0 Å². The van der Waals surface area contributed by atoms with E-state index in [-0.39, 0.29) is 6.10 Å². The van der Waals surface area contributed by atoms with Gasteiger partial charge in [-0.05, 0) is 12.8 Å². The molecule has 84 valence electrons. The third-order valence-electron chi connectivity index (χ3n) is 2.79. The van der Waals surface area contributed by atoms with Crippen molar-refractivity contribution in [2.45, 2.75) is 25.4 Å². The SMILES string of the molecule is Clc1nccn2c(CC3CCCO3)nnc12. The third-order valence-corrected chi connectivity index (χ3v) is 3.06. The van der Waals surface area contributed by atoms with E-state index in [4.69, 9.17) is 16.3 Å². The maximum absolute atomic E-state index is 5.92. The molecule has 3 heterocycles. The average molecular weight is 239 g/mol. The maximum Gasteiger partial charge on any atom is 0.198 e. The lowest BCUT2D eigenvalue weighted by Gasteiger charge is -2.06. The Morgan fingerprint density at radius 1 is 1.50 bits per heavy atom. The monoisotopic (exact) mass is 238 g/mol. The Hall–Kier alpha value is -1.20.